The zero-order chi connectivity index (χ0) is 13.8. The maximum Gasteiger partial charge on any atom is 0.161 e. The summed E-state index contributed by atoms with van der Waals surface area (Å²) in [5.74, 6) is 3.00. The largest absolute Gasteiger partial charge is 0.493 e. The predicted molar refractivity (Wildman–Crippen MR) is 78.8 cm³/mol. The van der Waals surface area contributed by atoms with Crippen LogP contribution in [0.2, 0.25) is 0 Å². The molecule has 0 radical (unpaired) electrons. The summed E-state index contributed by atoms with van der Waals surface area (Å²) < 4.78 is 10.7. The van der Waals surface area contributed by atoms with Gasteiger partial charge in [-0.1, -0.05) is 0 Å². The van der Waals surface area contributed by atoms with Crippen LogP contribution in [0.3, 0.4) is 0 Å². The molecule has 0 amide bonds. The van der Waals surface area contributed by atoms with E-state index in [-0.39, 0.29) is 0 Å². The Kier molecular flexibility index (Phi) is 4.94. The van der Waals surface area contributed by atoms with E-state index < -0.39 is 0 Å². The highest BCUT2D eigenvalue weighted by Gasteiger charge is 2.29. The Labute approximate surface area is 120 Å². The Balaban J connectivity index is 2.02. The molecule has 0 bridgehead atoms. The van der Waals surface area contributed by atoms with Crippen molar-refractivity contribution in [2.24, 2.45) is 0 Å². The first-order valence-electron chi connectivity index (χ1n) is 6.69. The molecule has 1 aliphatic carbocycles. The van der Waals surface area contributed by atoms with Gasteiger partial charge in [0.1, 0.15) is 0 Å². The van der Waals surface area contributed by atoms with Gasteiger partial charge in [0.15, 0.2) is 11.5 Å². The molecule has 1 unspecified atom stereocenters. The average molecular weight is 284 g/mol. The van der Waals surface area contributed by atoms with Crippen molar-refractivity contribution in [2.75, 3.05) is 40.2 Å². The first-order chi connectivity index (χ1) is 9.19. The number of hydrogen-bond donors (Lipinski definition) is 0. The Morgan fingerprint density at radius 2 is 1.95 bits per heavy atom. The van der Waals surface area contributed by atoms with E-state index in [1.165, 1.54) is 11.1 Å². The molecule has 0 heterocycles. The second-order valence-electron chi connectivity index (χ2n) is 5.11. The molecule has 0 saturated carbocycles. The minimum Gasteiger partial charge on any atom is -0.493 e. The van der Waals surface area contributed by atoms with Crippen molar-refractivity contribution in [2.45, 2.75) is 18.8 Å². The molecule has 0 aromatic heterocycles. The number of alkyl halides is 1. The topological polar surface area (TPSA) is 21.7 Å². The highest BCUT2D eigenvalue weighted by molar-refractivity contribution is 6.17. The van der Waals surface area contributed by atoms with Crippen LogP contribution in [0.1, 0.15) is 23.5 Å². The second kappa shape index (κ2) is 6.49. The third kappa shape index (κ3) is 3.15. The van der Waals surface area contributed by atoms with E-state index in [0.29, 0.717) is 5.92 Å². The summed E-state index contributed by atoms with van der Waals surface area (Å²) in [6.07, 6.45) is 2.17. The van der Waals surface area contributed by atoms with E-state index in [9.17, 15) is 0 Å². The van der Waals surface area contributed by atoms with Crippen LogP contribution in [-0.4, -0.2) is 45.1 Å². The summed E-state index contributed by atoms with van der Waals surface area (Å²) in [6.45, 7) is 2.14. The van der Waals surface area contributed by atoms with Crippen LogP contribution in [0.15, 0.2) is 12.1 Å². The SMILES string of the molecule is COc1cc2c(cc1OC)C(CN(C)CCCCl)C2. The van der Waals surface area contributed by atoms with Crippen molar-refractivity contribution >= 4 is 11.6 Å². The highest BCUT2D eigenvalue weighted by Crippen LogP contribution is 2.42. The van der Waals surface area contributed by atoms with Crippen LogP contribution in [-0.2, 0) is 6.42 Å². The van der Waals surface area contributed by atoms with E-state index in [4.69, 9.17) is 21.1 Å². The molecule has 0 fully saturated rings. The molecule has 4 heteroatoms. The number of ether oxygens (including phenoxy) is 2. The molecule has 1 aromatic carbocycles. The van der Waals surface area contributed by atoms with E-state index >= 15 is 0 Å². The van der Waals surface area contributed by atoms with Crippen LogP contribution in [0.5, 0.6) is 11.5 Å². The van der Waals surface area contributed by atoms with Gasteiger partial charge in [-0.05, 0) is 49.7 Å². The number of methoxy groups -OCH3 is 2. The number of hydrogen-bond acceptors (Lipinski definition) is 3. The first kappa shape index (κ1) is 14.5. The molecule has 106 valence electrons. The van der Waals surface area contributed by atoms with E-state index in [0.717, 1.165) is 43.3 Å². The van der Waals surface area contributed by atoms with Gasteiger partial charge < -0.3 is 14.4 Å². The molecular weight excluding hydrogens is 262 g/mol. The Morgan fingerprint density at radius 1 is 1.26 bits per heavy atom. The number of halogens is 1. The third-order valence-corrected chi connectivity index (χ3v) is 4.02. The van der Waals surface area contributed by atoms with Gasteiger partial charge in [-0.15, -0.1) is 11.6 Å². The fourth-order valence-electron chi connectivity index (χ4n) is 2.70. The maximum atomic E-state index is 5.73. The van der Waals surface area contributed by atoms with Gasteiger partial charge in [0, 0.05) is 18.3 Å². The lowest BCUT2D eigenvalue weighted by atomic mass is 9.77. The van der Waals surface area contributed by atoms with Gasteiger partial charge in [-0.3, -0.25) is 0 Å². The van der Waals surface area contributed by atoms with Gasteiger partial charge in [0.05, 0.1) is 14.2 Å². The number of rotatable bonds is 7. The summed E-state index contributed by atoms with van der Waals surface area (Å²) >= 11 is 5.73. The monoisotopic (exact) mass is 283 g/mol. The van der Waals surface area contributed by atoms with Gasteiger partial charge in [0.2, 0.25) is 0 Å². The molecular formula is C15H22ClNO2. The van der Waals surface area contributed by atoms with Crippen molar-refractivity contribution in [1.82, 2.24) is 4.90 Å². The quantitative estimate of drug-likeness (QED) is 0.718. The zero-order valence-electron chi connectivity index (χ0n) is 11.9. The highest BCUT2D eigenvalue weighted by atomic mass is 35.5. The maximum absolute atomic E-state index is 5.73. The Hall–Kier alpha value is -0.930. The van der Waals surface area contributed by atoms with Crippen molar-refractivity contribution in [3.05, 3.63) is 23.3 Å². The summed E-state index contributed by atoms with van der Waals surface area (Å²) in [7, 11) is 5.52. The normalized spacial score (nSPS) is 17.0. The van der Waals surface area contributed by atoms with Gasteiger partial charge in [-0.25, -0.2) is 0 Å². The summed E-state index contributed by atoms with van der Waals surface area (Å²) in [4.78, 5) is 2.35. The van der Waals surface area contributed by atoms with Crippen LogP contribution >= 0.6 is 11.6 Å². The molecule has 0 N–H and O–H groups in total. The van der Waals surface area contributed by atoms with E-state index in [1.54, 1.807) is 14.2 Å². The summed E-state index contributed by atoms with van der Waals surface area (Å²) in [5, 5.41) is 0. The fraction of sp³-hybridized carbons (Fsp3) is 0.600. The number of fused-ring (bicyclic) bond motifs is 1. The minimum absolute atomic E-state index is 0.607. The summed E-state index contributed by atoms with van der Waals surface area (Å²) in [6, 6.07) is 4.22. The van der Waals surface area contributed by atoms with Gasteiger partial charge >= 0.3 is 0 Å². The molecule has 0 saturated heterocycles. The number of nitrogens with zero attached hydrogens (tertiary/aromatic N) is 1. The molecule has 19 heavy (non-hydrogen) atoms. The van der Waals surface area contributed by atoms with E-state index in [2.05, 4.69) is 24.1 Å². The van der Waals surface area contributed by atoms with Gasteiger partial charge in [0.25, 0.3) is 0 Å². The minimum atomic E-state index is 0.607. The lowest BCUT2D eigenvalue weighted by Crippen LogP contribution is -2.31. The van der Waals surface area contributed by atoms with Crippen molar-refractivity contribution in [3.8, 4) is 11.5 Å². The molecule has 1 aromatic rings. The molecule has 1 aliphatic rings. The standard InChI is InChI=1S/C15H22ClNO2/c1-17(6-4-5-16)10-12-7-11-8-14(18-2)15(19-3)9-13(11)12/h8-9,12H,4-7,10H2,1-3H3. The van der Waals surface area contributed by atoms with Crippen LogP contribution in [0, 0.1) is 0 Å². The molecule has 0 spiro atoms. The zero-order valence-corrected chi connectivity index (χ0v) is 12.7. The molecule has 1 atom stereocenters. The molecule has 2 rings (SSSR count). The lowest BCUT2D eigenvalue weighted by Gasteiger charge is -2.34. The van der Waals surface area contributed by atoms with Crippen LogP contribution < -0.4 is 9.47 Å². The van der Waals surface area contributed by atoms with Crippen LogP contribution in [0.25, 0.3) is 0 Å². The molecule has 3 nitrogen and oxygen atoms in total. The van der Waals surface area contributed by atoms with E-state index in [1.807, 2.05) is 0 Å². The average Bonchev–Trinajstić information content (AvgIpc) is 2.41. The van der Waals surface area contributed by atoms with Crippen molar-refractivity contribution in [3.63, 3.8) is 0 Å². The number of benzene rings is 1. The van der Waals surface area contributed by atoms with Crippen molar-refractivity contribution in [1.29, 1.82) is 0 Å². The van der Waals surface area contributed by atoms with Crippen molar-refractivity contribution < 1.29 is 9.47 Å². The molecule has 0 aliphatic heterocycles. The van der Waals surface area contributed by atoms with Gasteiger partial charge in [-0.2, -0.15) is 0 Å². The fourth-order valence-corrected chi connectivity index (χ4v) is 2.82. The Morgan fingerprint density at radius 3 is 2.58 bits per heavy atom. The van der Waals surface area contributed by atoms with Crippen LogP contribution in [0.4, 0.5) is 0 Å². The Bertz CT molecular complexity index is 436. The third-order valence-electron chi connectivity index (χ3n) is 3.76. The number of likely N-dealkylation sites (N-methyl/N-ethyl adjacent to an activating group) is 1. The lowest BCUT2D eigenvalue weighted by molar-refractivity contribution is 0.297. The predicted octanol–water partition coefficient (Wildman–Crippen LogP) is 2.90. The summed E-state index contributed by atoms with van der Waals surface area (Å²) in [5.41, 5.74) is 2.78. The first-order valence-corrected chi connectivity index (χ1v) is 7.22. The second-order valence-corrected chi connectivity index (χ2v) is 5.49. The smallest absolute Gasteiger partial charge is 0.161 e.